The summed E-state index contributed by atoms with van der Waals surface area (Å²) in [5.74, 6) is -0.206. The normalized spacial score (nSPS) is 13.9. The largest absolute Gasteiger partial charge is 0.399 e. The molecular formula is C13H18N4O2. The number of carbonyl (C=O) groups is 2. The van der Waals surface area contributed by atoms with Gasteiger partial charge >= 0.3 is 0 Å². The number of anilines is 2. The summed E-state index contributed by atoms with van der Waals surface area (Å²) in [4.78, 5) is 22.7. The Morgan fingerprint density at radius 2 is 2.00 bits per heavy atom. The van der Waals surface area contributed by atoms with E-state index in [1.807, 2.05) is 0 Å². The molecule has 1 aliphatic rings. The van der Waals surface area contributed by atoms with Gasteiger partial charge in [0.1, 0.15) is 0 Å². The van der Waals surface area contributed by atoms with E-state index in [4.69, 9.17) is 11.5 Å². The van der Waals surface area contributed by atoms with E-state index in [-0.39, 0.29) is 11.8 Å². The zero-order valence-corrected chi connectivity index (χ0v) is 10.6. The first-order chi connectivity index (χ1) is 9.08. The van der Waals surface area contributed by atoms with Gasteiger partial charge in [-0.05, 0) is 31.0 Å². The van der Waals surface area contributed by atoms with Crippen LogP contribution in [0.1, 0.15) is 23.2 Å². The lowest BCUT2D eigenvalue weighted by Crippen LogP contribution is -2.30. The van der Waals surface area contributed by atoms with E-state index in [0.717, 1.165) is 12.8 Å². The van der Waals surface area contributed by atoms with Crippen LogP contribution in [0.4, 0.5) is 11.4 Å². The van der Waals surface area contributed by atoms with Crippen LogP contribution in [0.3, 0.4) is 0 Å². The lowest BCUT2D eigenvalue weighted by molar-refractivity contribution is -0.122. The average Bonchev–Trinajstić information content (AvgIpc) is 3.18. The molecule has 6 heteroatoms. The van der Waals surface area contributed by atoms with Crippen LogP contribution in [0.5, 0.6) is 0 Å². The molecule has 0 aliphatic heterocycles. The summed E-state index contributed by atoms with van der Waals surface area (Å²) >= 11 is 0. The Hall–Kier alpha value is -2.24. The Morgan fingerprint density at radius 3 is 2.63 bits per heavy atom. The Labute approximate surface area is 111 Å². The second-order valence-corrected chi connectivity index (χ2v) is 4.66. The first-order valence-electron chi connectivity index (χ1n) is 6.29. The molecule has 6 N–H and O–H groups in total. The number of hydrogen-bond acceptors (Lipinski definition) is 4. The third-order valence-electron chi connectivity index (χ3n) is 3.00. The number of hydrogen-bond donors (Lipinski definition) is 4. The van der Waals surface area contributed by atoms with Crippen LogP contribution >= 0.6 is 0 Å². The Bertz CT molecular complexity index is 497. The van der Waals surface area contributed by atoms with E-state index in [9.17, 15) is 9.59 Å². The highest BCUT2D eigenvalue weighted by atomic mass is 16.2. The average molecular weight is 262 g/mol. The summed E-state index contributed by atoms with van der Waals surface area (Å²) in [5.41, 5.74) is 12.5. The Kier molecular flexibility index (Phi) is 3.89. The van der Waals surface area contributed by atoms with Crippen LogP contribution in [-0.4, -0.2) is 24.9 Å². The van der Waals surface area contributed by atoms with E-state index in [2.05, 4.69) is 10.6 Å². The fourth-order valence-corrected chi connectivity index (χ4v) is 1.80. The maximum Gasteiger partial charge on any atom is 0.250 e. The molecule has 0 bridgehead atoms. The van der Waals surface area contributed by atoms with Gasteiger partial charge in [-0.1, -0.05) is 0 Å². The van der Waals surface area contributed by atoms with Crippen molar-refractivity contribution in [2.75, 3.05) is 24.1 Å². The molecule has 0 spiro atoms. The summed E-state index contributed by atoms with van der Waals surface area (Å²) in [5, 5.41) is 5.88. The highest BCUT2D eigenvalue weighted by molar-refractivity contribution is 5.99. The molecule has 1 saturated carbocycles. The molecule has 19 heavy (non-hydrogen) atoms. The van der Waals surface area contributed by atoms with Crippen molar-refractivity contribution in [2.24, 2.45) is 11.7 Å². The monoisotopic (exact) mass is 262 g/mol. The fraction of sp³-hybridized carbons (Fsp3) is 0.385. The van der Waals surface area contributed by atoms with Gasteiger partial charge in [-0.3, -0.25) is 9.59 Å². The summed E-state index contributed by atoms with van der Waals surface area (Å²) in [6, 6.07) is 4.87. The van der Waals surface area contributed by atoms with Crippen molar-refractivity contribution in [1.29, 1.82) is 0 Å². The SMILES string of the molecule is NC(=O)c1ccc(N)cc1NCCNC(=O)C1CC1. The lowest BCUT2D eigenvalue weighted by Gasteiger charge is -2.11. The topological polar surface area (TPSA) is 110 Å². The molecule has 2 amide bonds. The molecule has 6 nitrogen and oxygen atoms in total. The minimum absolute atomic E-state index is 0.101. The van der Waals surface area contributed by atoms with Crippen LogP contribution in [0.25, 0.3) is 0 Å². The van der Waals surface area contributed by atoms with E-state index in [1.165, 1.54) is 0 Å². The number of carbonyl (C=O) groups excluding carboxylic acids is 2. The molecule has 2 rings (SSSR count). The van der Waals surface area contributed by atoms with Gasteiger partial charge < -0.3 is 22.1 Å². The van der Waals surface area contributed by atoms with Crippen molar-refractivity contribution >= 4 is 23.2 Å². The highest BCUT2D eigenvalue weighted by Gasteiger charge is 2.28. The second-order valence-electron chi connectivity index (χ2n) is 4.66. The zero-order chi connectivity index (χ0) is 13.8. The fourth-order valence-electron chi connectivity index (χ4n) is 1.80. The first-order valence-corrected chi connectivity index (χ1v) is 6.29. The van der Waals surface area contributed by atoms with Crippen LogP contribution in [-0.2, 0) is 4.79 Å². The second kappa shape index (κ2) is 5.60. The molecule has 0 radical (unpaired) electrons. The number of nitrogens with two attached hydrogens (primary N) is 2. The first kappa shape index (κ1) is 13.2. The van der Waals surface area contributed by atoms with Crippen molar-refractivity contribution in [1.82, 2.24) is 5.32 Å². The van der Waals surface area contributed by atoms with Crippen LogP contribution in [0.15, 0.2) is 18.2 Å². The third kappa shape index (κ3) is 3.61. The number of primary amides is 1. The number of benzene rings is 1. The van der Waals surface area contributed by atoms with Gasteiger partial charge in [0.15, 0.2) is 0 Å². The minimum atomic E-state index is -0.510. The molecule has 1 aliphatic carbocycles. The van der Waals surface area contributed by atoms with E-state index < -0.39 is 5.91 Å². The Balaban J connectivity index is 1.85. The lowest BCUT2D eigenvalue weighted by atomic mass is 10.1. The van der Waals surface area contributed by atoms with Gasteiger partial charge in [-0.2, -0.15) is 0 Å². The van der Waals surface area contributed by atoms with E-state index in [1.54, 1.807) is 18.2 Å². The van der Waals surface area contributed by atoms with Gasteiger partial charge in [0.2, 0.25) is 5.91 Å². The predicted molar refractivity (Wildman–Crippen MR) is 73.6 cm³/mol. The van der Waals surface area contributed by atoms with E-state index >= 15 is 0 Å². The number of nitrogens with one attached hydrogen (secondary N) is 2. The highest BCUT2D eigenvalue weighted by Crippen LogP contribution is 2.28. The zero-order valence-electron chi connectivity index (χ0n) is 10.6. The van der Waals surface area contributed by atoms with Crippen molar-refractivity contribution < 1.29 is 9.59 Å². The van der Waals surface area contributed by atoms with Crippen molar-refractivity contribution in [2.45, 2.75) is 12.8 Å². The molecule has 1 aromatic rings. The molecule has 1 fully saturated rings. The standard InChI is InChI=1S/C13H18N4O2/c14-9-3-4-10(12(15)18)11(7-9)16-5-6-17-13(19)8-1-2-8/h3-4,7-8,16H,1-2,5-6,14H2,(H2,15,18)(H,17,19). The minimum Gasteiger partial charge on any atom is -0.399 e. The molecule has 1 aromatic carbocycles. The predicted octanol–water partition coefficient (Wildman–Crippen LogP) is 0.306. The summed E-state index contributed by atoms with van der Waals surface area (Å²) in [6.07, 6.45) is 1.97. The third-order valence-corrected chi connectivity index (χ3v) is 3.00. The van der Waals surface area contributed by atoms with Crippen LogP contribution in [0, 0.1) is 5.92 Å². The number of nitrogen functional groups attached to an aromatic ring is 1. The van der Waals surface area contributed by atoms with Gasteiger partial charge in [-0.15, -0.1) is 0 Å². The smallest absolute Gasteiger partial charge is 0.250 e. The van der Waals surface area contributed by atoms with E-state index in [0.29, 0.717) is 30.0 Å². The summed E-state index contributed by atoms with van der Waals surface area (Å²) < 4.78 is 0. The molecule has 0 unspecified atom stereocenters. The Morgan fingerprint density at radius 1 is 1.26 bits per heavy atom. The molecule has 0 heterocycles. The molecule has 0 aromatic heterocycles. The van der Waals surface area contributed by atoms with Gasteiger partial charge in [0.05, 0.1) is 5.56 Å². The summed E-state index contributed by atoms with van der Waals surface area (Å²) in [7, 11) is 0. The molecule has 0 saturated heterocycles. The van der Waals surface area contributed by atoms with Crippen molar-refractivity contribution in [3.05, 3.63) is 23.8 Å². The maximum absolute atomic E-state index is 11.4. The van der Waals surface area contributed by atoms with Crippen LogP contribution in [0.2, 0.25) is 0 Å². The van der Waals surface area contributed by atoms with Gasteiger partial charge in [-0.25, -0.2) is 0 Å². The molecule has 0 atom stereocenters. The summed E-state index contributed by atoms with van der Waals surface area (Å²) in [6.45, 7) is 1.02. The number of amides is 2. The van der Waals surface area contributed by atoms with Gasteiger partial charge in [0.25, 0.3) is 5.91 Å². The number of rotatable bonds is 6. The quantitative estimate of drug-likeness (QED) is 0.436. The molecule has 102 valence electrons. The van der Waals surface area contributed by atoms with Crippen LogP contribution < -0.4 is 22.1 Å². The maximum atomic E-state index is 11.4. The molecular weight excluding hydrogens is 244 g/mol. The van der Waals surface area contributed by atoms with Crippen molar-refractivity contribution in [3.63, 3.8) is 0 Å². The van der Waals surface area contributed by atoms with Crippen molar-refractivity contribution in [3.8, 4) is 0 Å². The van der Waals surface area contributed by atoms with Gasteiger partial charge in [0, 0.05) is 30.4 Å².